The van der Waals surface area contributed by atoms with Crippen molar-refractivity contribution in [2.75, 3.05) is 23.9 Å². The molecule has 0 spiro atoms. The van der Waals surface area contributed by atoms with Crippen LogP contribution in [0.4, 0.5) is 11.4 Å². The van der Waals surface area contributed by atoms with E-state index in [9.17, 15) is 18.0 Å². The highest BCUT2D eigenvalue weighted by Gasteiger charge is 2.33. The van der Waals surface area contributed by atoms with Crippen molar-refractivity contribution in [2.24, 2.45) is 0 Å². The van der Waals surface area contributed by atoms with E-state index in [-0.39, 0.29) is 29.7 Å². The molecule has 1 atom stereocenters. The van der Waals surface area contributed by atoms with Crippen LogP contribution in [0.1, 0.15) is 13.3 Å². The third kappa shape index (κ3) is 4.49. The third-order valence-electron chi connectivity index (χ3n) is 4.32. The van der Waals surface area contributed by atoms with Gasteiger partial charge in [0, 0.05) is 37.3 Å². The first-order valence-electron chi connectivity index (χ1n) is 8.63. The Hall–Kier alpha value is -2.91. The van der Waals surface area contributed by atoms with Gasteiger partial charge in [0.25, 0.3) is 0 Å². The zero-order chi connectivity index (χ0) is 20.3. The SMILES string of the molecule is COc1ccc(N2C[C@@H](NS(=O)(=O)c3ccc(NC(C)=O)cc3)CC2=O)cc1. The minimum absolute atomic E-state index is 0.0666. The molecular weight excluding hydrogens is 382 g/mol. The van der Waals surface area contributed by atoms with E-state index < -0.39 is 16.1 Å². The van der Waals surface area contributed by atoms with E-state index >= 15 is 0 Å². The summed E-state index contributed by atoms with van der Waals surface area (Å²) in [6, 6.07) is 12.3. The number of sulfonamides is 1. The van der Waals surface area contributed by atoms with E-state index in [1.165, 1.54) is 31.2 Å². The molecule has 1 heterocycles. The predicted molar refractivity (Wildman–Crippen MR) is 105 cm³/mol. The van der Waals surface area contributed by atoms with Crippen LogP contribution in [0, 0.1) is 0 Å². The number of rotatable bonds is 6. The predicted octanol–water partition coefficient (Wildman–Crippen LogP) is 1.74. The first-order chi connectivity index (χ1) is 13.3. The summed E-state index contributed by atoms with van der Waals surface area (Å²) in [7, 11) is -2.23. The van der Waals surface area contributed by atoms with Crippen molar-refractivity contribution in [3.05, 3.63) is 48.5 Å². The van der Waals surface area contributed by atoms with Crippen molar-refractivity contribution in [1.82, 2.24) is 4.72 Å². The zero-order valence-corrected chi connectivity index (χ0v) is 16.3. The highest BCUT2D eigenvalue weighted by atomic mass is 32.2. The molecule has 1 saturated heterocycles. The number of ether oxygens (including phenoxy) is 1. The second-order valence-electron chi connectivity index (χ2n) is 6.43. The van der Waals surface area contributed by atoms with Crippen molar-refractivity contribution < 1.29 is 22.7 Å². The first kappa shape index (κ1) is 19.8. The van der Waals surface area contributed by atoms with Crippen LogP contribution in [-0.2, 0) is 19.6 Å². The van der Waals surface area contributed by atoms with E-state index in [4.69, 9.17) is 4.74 Å². The fourth-order valence-corrected chi connectivity index (χ4v) is 4.23. The molecule has 1 aliphatic heterocycles. The van der Waals surface area contributed by atoms with Crippen LogP contribution in [0.2, 0.25) is 0 Å². The largest absolute Gasteiger partial charge is 0.497 e. The van der Waals surface area contributed by atoms with Gasteiger partial charge in [-0.15, -0.1) is 0 Å². The van der Waals surface area contributed by atoms with E-state index in [0.29, 0.717) is 17.1 Å². The van der Waals surface area contributed by atoms with E-state index in [1.54, 1.807) is 36.3 Å². The number of nitrogens with one attached hydrogen (secondary N) is 2. The standard InChI is InChI=1S/C19H21N3O5S/c1-13(23)20-14-3-9-18(10-4-14)28(25,26)21-15-11-19(24)22(12-15)16-5-7-17(27-2)8-6-16/h3-10,15,21H,11-12H2,1-2H3,(H,20,23)/t15-/m0/s1. The van der Waals surface area contributed by atoms with Gasteiger partial charge in [0.15, 0.2) is 0 Å². The van der Waals surface area contributed by atoms with Crippen LogP contribution >= 0.6 is 0 Å². The molecular formula is C19H21N3O5S. The molecule has 1 aliphatic rings. The smallest absolute Gasteiger partial charge is 0.240 e. The molecule has 0 bridgehead atoms. The summed E-state index contributed by atoms with van der Waals surface area (Å²) in [6.07, 6.45) is 0.0786. The van der Waals surface area contributed by atoms with Crippen molar-refractivity contribution in [3.8, 4) is 5.75 Å². The molecule has 0 unspecified atom stereocenters. The van der Waals surface area contributed by atoms with E-state index in [2.05, 4.69) is 10.0 Å². The van der Waals surface area contributed by atoms with Gasteiger partial charge >= 0.3 is 0 Å². The minimum Gasteiger partial charge on any atom is -0.497 e. The molecule has 8 nitrogen and oxygen atoms in total. The topological polar surface area (TPSA) is 105 Å². The summed E-state index contributed by atoms with van der Waals surface area (Å²) in [5, 5.41) is 2.58. The number of carbonyl (C=O) groups excluding carboxylic acids is 2. The molecule has 0 radical (unpaired) electrons. The molecule has 2 N–H and O–H groups in total. The molecule has 0 aliphatic carbocycles. The summed E-state index contributed by atoms with van der Waals surface area (Å²) in [5.41, 5.74) is 1.19. The number of benzene rings is 2. The van der Waals surface area contributed by atoms with Crippen molar-refractivity contribution in [1.29, 1.82) is 0 Å². The van der Waals surface area contributed by atoms with E-state index in [1.807, 2.05) is 0 Å². The second-order valence-corrected chi connectivity index (χ2v) is 8.14. The van der Waals surface area contributed by atoms with Crippen LogP contribution in [0.15, 0.2) is 53.4 Å². The van der Waals surface area contributed by atoms with Gasteiger partial charge < -0.3 is 15.0 Å². The fourth-order valence-electron chi connectivity index (χ4n) is 3.01. The van der Waals surface area contributed by atoms with Crippen LogP contribution < -0.4 is 19.7 Å². The van der Waals surface area contributed by atoms with Gasteiger partial charge in [-0.3, -0.25) is 9.59 Å². The Morgan fingerprint density at radius 3 is 2.32 bits per heavy atom. The Balaban J connectivity index is 1.69. The normalized spacial score (nSPS) is 16.9. The van der Waals surface area contributed by atoms with Crippen LogP contribution in [0.5, 0.6) is 5.75 Å². The third-order valence-corrected chi connectivity index (χ3v) is 5.85. The Morgan fingerprint density at radius 1 is 1.11 bits per heavy atom. The number of hydrogen-bond acceptors (Lipinski definition) is 5. The van der Waals surface area contributed by atoms with Gasteiger partial charge in [0.05, 0.1) is 12.0 Å². The highest BCUT2D eigenvalue weighted by molar-refractivity contribution is 7.89. The summed E-state index contributed by atoms with van der Waals surface area (Å²) in [4.78, 5) is 25.0. The zero-order valence-electron chi connectivity index (χ0n) is 15.5. The van der Waals surface area contributed by atoms with Gasteiger partial charge in [-0.25, -0.2) is 13.1 Å². The van der Waals surface area contributed by atoms with Gasteiger partial charge in [-0.1, -0.05) is 0 Å². The van der Waals surface area contributed by atoms with Crippen molar-refractivity contribution in [2.45, 2.75) is 24.3 Å². The lowest BCUT2D eigenvalue weighted by molar-refractivity contribution is -0.117. The van der Waals surface area contributed by atoms with Gasteiger partial charge in [-0.05, 0) is 48.5 Å². The molecule has 0 aromatic heterocycles. The monoisotopic (exact) mass is 403 g/mol. The Morgan fingerprint density at radius 2 is 1.75 bits per heavy atom. The lowest BCUT2D eigenvalue weighted by atomic mass is 10.3. The lowest BCUT2D eigenvalue weighted by Gasteiger charge is -2.17. The molecule has 9 heteroatoms. The number of hydrogen-bond donors (Lipinski definition) is 2. The molecule has 0 saturated carbocycles. The number of methoxy groups -OCH3 is 1. The Kier molecular flexibility index (Phi) is 5.66. The number of amides is 2. The molecule has 3 rings (SSSR count). The summed E-state index contributed by atoms with van der Waals surface area (Å²) in [5.74, 6) is 0.283. The maximum absolute atomic E-state index is 12.6. The minimum atomic E-state index is -3.79. The van der Waals surface area contributed by atoms with Crippen LogP contribution in [-0.4, -0.2) is 39.9 Å². The maximum atomic E-state index is 12.6. The van der Waals surface area contributed by atoms with E-state index in [0.717, 1.165) is 0 Å². The fraction of sp³-hybridized carbons (Fsp3) is 0.263. The van der Waals surface area contributed by atoms with Gasteiger partial charge in [0.1, 0.15) is 5.75 Å². The molecule has 2 amide bonds. The summed E-state index contributed by atoms with van der Waals surface area (Å²) >= 11 is 0. The van der Waals surface area contributed by atoms with Crippen LogP contribution in [0.3, 0.4) is 0 Å². The quantitative estimate of drug-likeness (QED) is 0.764. The summed E-state index contributed by atoms with van der Waals surface area (Å²) < 4.78 is 32.9. The van der Waals surface area contributed by atoms with Crippen LogP contribution in [0.25, 0.3) is 0 Å². The average Bonchev–Trinajstić information content (AvgIpc) is 3.01. The van der Waals surface area contributed by atoms with Crippen molar-refractivity contribution >= 4 is 33.2 Å². The van der Waals surface area contributed by atoms with Crippen molar-refractivity contribution in [3.63, 3.8) is 0 Å². The van der Waals surface area contributed by atoms with Gasteiger partial charge in [-0.2, -0.15) is 0 Å². The average molecular weight is 403 g/mol. The molecule has 2 aromatic carbocycles. The Labute approximate surface area is 163 Å². The molecule has 1 fully saturated rings. The molecule has 148 valence electrons. The number of anilines is 2. The number of carbonyl (C=O) groups is 2. The lowest BCUT2D eigenvalue weighted by Crippen LogP contribution is -2.37. The number of nitrogens with zero attached hydrogens (tertiary/aromatic N) is 1. The highest BCUT2D eigenvalue weighted by Crippen LogP contribution is 2.25. The second kappa shape index (κ2) is 7.99. The first-order valence-corrected chi connectivity index (χ1v) is 10.1. The van der Waals surface area contributed by atoms with Gasteiger partial charge in [0.2, 0.25) is 21.8 Å². The molecule has 2 aromatic rings. The maximum Gasteiger partial charge on any atom is 0.240 e. The summed E-state index contributed by atoms with van der Waals surface area (Å²) in [6.45, 7) is 1.62. The Bertz CT molecular complexity index is 972. The molecule has 28 heavy (non-hydrogen) atoms.